The number of para-hydroxylation sites is 1. The Bertz CT molecular complexity index is 431. The Labute approximate surface area is 101 Å². The van der Waals surface area contributed by atoms with Gasteiger partial charge in [-0.1, -0.05) is 18.2 Å². The molecular formula is C12H12BN4. The zero-order valence-electron chi connectivity index (χ0n) is 9.40. The molecular weight excluding hydrogens is 211 g/mol. The highest BCUT2D eigenvalue weighted by molar-refractivity contribution is 6.48. The molecule has 0 spiro atoms. The van der Waals surface area contributed by atoms with Gasteiger partial charge in [0.15, 0.2) is 0 Å². The molecule has 0 unspecified atom stereocenters. The molecule has 0 atom stereocenters. The SMILES string of the molecule is [B]1N(c2ccccc2)CCN1c1cccnn1. The van der Waals surface area contributed by atoms with Gasteiger partial charge in [-0.25, -0.2) is 0 Å². The summed E-state index contributed by atoms with van der Waals surface area (Å²) < 4.78 is 0. The van der Waals surface area contributed by atoms with Gasteiger partial charge in [0.1, 0.15) is 5.82 Å². The van der Waals surface area contributed by atoms with Crippen LogP contribution in [0.25, 0.3) is 0 Å². The average Bonchev–Trinajstić information content (AvgIpc) is 2.90. The maximum atomic E-state index is 4.11. The lowest BCUT2D eigenvalue weighted by Gasteiger charge is -2.17. The lowest BCUT2D eigenvalue weighted by molar-refractivity contribution is 0.958. The first-order valence-corrected chi connectivity index (χ1v) is 5.64. The molecule has 2 heterocycles. The molecule has 1 aliphatic heterocycles. The molecule has 1 aromatic carbocycles. The maximum Gasteiger partial charge on any atom is 0.392 e. The lowest BCUT2D eigenvalue weighted by atomic mass is 10.1. The Balaban J connectivity index is 1.75. The van der Waals surface area contributed by atoms with E-state index in [0.717, 1.165) is 18.9 Å². The molecule has 1 fully saturated rings. The van der Waals surface area contributed by atoms with Crippen LogP contribution in [0, 0.1) is 0 Å². The molecule has 2 aromatic rings. The Morgan fingerprint density at radius 2 is 1.76 bits per heavy atom. The van der Waals surface area contributed by atoms with Gasteiger partial charge in [-0.05, 0) is 24.3 Å². The molecule has 0 saturated carbocycles. The predicted octanol–water partition coefficient (Wildman–Crippen LogP) is 1.34. The summed E-state index contributed by atoms with van der Waals surface area (Å²) in [5, 5.41) is 8.00. The minimum atomic E-state index is 0.894. The summed E-state index contributed by atoms with van der Waals surface area (Å²) in [5.41, 5.74) is 1.21. The normalized spacial score (nSPS) is 14.8. The van der Waals surface area contributed by atoms with Crippen molar-refractivity contribution in [1.82, 2.24) is 10.2 Å². The van der Waals surface area contributed by atoms with E-state index in [9.17, 15) is 0 Å². The highest BCUT2D eigenvalue weighted by atomic mass is 15.3. The summed E-state index contributed by atoms with van der Waals surface area (Å²) in [5.74, 6) is 0.894. The zero-order valence-corrected chi connectivity index (χ0v) is 9.40. The van der Waals surface area contributed by atoms with Crippen molar-refractivity contribution >= 4 is 19.1 Å². The van der Waals surface area contributed by atoms with E-state index in [2.05, 4.69) is 39.5 Å². The topological polar surface area (TPSA) is 32.3 Å². The van der Waals surface area contributed by atoms with Gasteiger partial charge in [0.25, 0.3) is 0 Å². The van der Waals surface area contributed by atoms with Gasteiger partial charge < -0.3 is 9.62 Å². The van der Waals surface area contributed by atoms with Crippen LogP contribution in [-0.4, -0.2) is 30.8 Å². The Morgan fingerprint density at radius 1 is 0.941 bits per heavy atom. The molecule has 1 radical (unpaired) electrons. The van der Waals surface area contributed by atoms with Gasteiger partial charge in [-0.2, -0.15) is 5.10 Å². The fourth-order valence-corrected chi connectivity index (χ4v) is 1.93. The predicted molar refractivity (Wildman–Crippen MR) is 68.9 cm³/mol. The molecule has 3 rings (SSSR count). The fraction of sp³-hybridized carbons (Fsp3) is 0.167. The summed E-state index contributed by atoms with van der Waals surface area (Å²) in [4.78, 5) is 4.33. The third-order valence-corrected chi connectivity index (χ3v) is 2.80. The van der Waals surface area contributed by atoms with E-state index in [1.165, 1.54) is 5.69 Å². The maximum absolute atomic E-state index is 4.11. The van der Waals surface area contributed by atoms with E-state index in [-0.39, 0.29) is 0 Å². The summed E-state index contributed by atoms with van der Waals surface area (Å²) in [7, 11) is 2.08. The molecule has 4 nitrogen and oxygen atoms in total. The van der Waals surface area contributed by atoms with E-state index in [0.29, 0.717) is 0 Å². The van der Waals surface area contributed by atoms with Crippen molar-refractivity contribution in [3.63, 3.8) is 0 Å². The van der Waals surface area contributed by atoms with Crippen LogP contribution in [0.5, 0.6) is 0 Å². The molecule has 5 heteroatoms. The van der Waals surface area contributed by atoms with Crippen molar-refractivity contribution in [3.8, 4) is 0 Å². The number of aromatic nitrogens is 2. The Hall–Kier alpha value is -2.04. The molecule has 1 aliphatic rings. The number of hydrogen-bond acceptors (Lipinski definition) is 4. The van der Waals surface area contributed by atoms with Crippen molar-refractivity contribution in [2.75, 3.05) is 22.7 Å². The quantitative estimate of drug-likeness (QED) is 0.719. The van der Waals surface area contributed by atoms with Crippen LogP contribution in [0.3, 0.4) is 0 Å². The van der Waals surface area contributed by atoms with Gasteiger partial charge in [-0.3, -0.25) is 0 Å². The summed E-state index contributed by atoms with van der Waals surface area (Å²) >= 11 is 0. The highest BCUT2D eigenvalue weighted by Crippen LogP contribution is 2.19. The van der Waals surface area contributed by atoms with Gasteiger partial charge in [0.05, 0.1) is 0 Å². The molecule has 1 saturated heterocycles. The molecule has 1 aromatic heterocycles. The minimum absolute atomic E-state index is 0.894. The smallest absolute Gasteiger partial charge is 0.392 e. The fourth-order valence-electron chi connectivity index (χ4n) is 1.93. The number of anilines is 2. The zero-order chi connectivity index (χ0) is 11.5. The lowest BCUT2D eigenvalue weighted by Crippen LogP contribution is -2.30. The first-order chi connectivity index (χ1) is 8.43. The number of rotatable bonds is 2. The van der Waals surface area contributed by atoms with Crippen molar-refractivity contribution < 1.29 is 0 Å². The first-order valence-electron chi connectivity index (χ1n) is 5.64. The molecule has 0 N–H and O–H groups in total. The first kappa shape index (κ1) is 10.1. The monoisotopic (exact) mass is 223 g/mol. The average molecular weight is 223 g/mol. The third-order valence-electron chi connectivity index (χ3n) is 2.80. The van der Waals surface area contributed by atoms with Crippen molar-refractivity contribution in [2.24, 2.45) is 0 Å². The van der Waals surface area contributed by atoms with Gasteiger partial charge >= 0.3 is 7.55 Å². The van der Waals surface area contributed by atoms with Crippen LogP contribution >= 0.6 is 0 Å². The number of hydrogen-bond donors (Lipinski definition) is 0. The largest absolute Gasteiger partial charge is 0.397 e. The Morgan fingerprint density at radius 3 is 2.53 bits per heavy atom. The Kier molecular flexibility index (Phi) is 2.65. The van der Waals surface area contributed by atoms with Crippen molar-refractivity contribution in [1.29, 1.82) is 0 Å². The highest BCUT2D eigenvalue weighted by Gasteiger charge is 2.24. The van der Waals surface area contributed by atoms with Gasteiger partial charge in [-0.15, -0.1) is 5.10 Å². The second-order valence-electron chi connectivity index (χ2n) is 3.92. The molecule has 83 valence electrons. The van der Waals surface area contributed by atoms with Crippen LogP contribution in [0.4, 0.5) is 11.5 Å². The van der Waals surface area contributed by atoms with Crippen LogP contribution in [-0.2, 0) is 0 Å². The second-order valence-corrected chi connectivity index (χ2v) is 3.92. The number of benzene rings is 1. The summed E-state index contributed by atoms with van der Waals surface area (Å²) in [6.45, 7) is 1.91. The van der Waals surface area contributed by atoms with Crippen molar-refractivity contribution in [2.45, 2.75) is 0 Å². The van der Waals surface area contributed by atoms with E-state index in [1.54, 1.807) is 6.20 Å². The summed E-state index contributed by atoms with van der Waals surface area (Å²) in [6.07, 6.45) is 1.69. The molecule has 0 bridgehead atoms. The van der Waals surface area contributed by atoms with Crippen LogP contribution in [0.1, 0.15) is 0 Å². The van der Waals surface area contributed by atoms with Gasteiger partial charge in [0.2, 0.25) is 0 Å². The summed E-state index contributed by atoms with van der Waals surface area (Å²) in [6, 6.07) is 14.2. The van der Waals surface area contributed by atoms with E-state index >= 15 is 0 Å². The number of nitrogens with zero attached hydrogens (tertiary/aromatic N) is 4. The van der Waals surface area contributed by atoms with E-state index in [1.807, 2.05) is 30.3 Å². The second kappa shape index (κ2) is 4.45. The van der Waals surface area contributed by atoms with Gasteiger partial charge in [0, 0.05) is 25.0 Å². The van der Waals surface area contributed by atoms with Crippen LogP contribution in [0.2, 0.25) is 0 Å². The molecule has 17 heavy (non-hydrogen) atoms. The van der Waals surface area contributed by atoms with Crippen molar-refractivity contribution in [3.05, 3.63) is 48.7 Å². The molecule has 0 aliphatic carbocycles. The minimum Gasteiger partial charge on any atom is -0.397 e. The van der Waals surface area contributed by atoms with Crippen LogP contribution in [0.15, 0.2) is 48.7 Å². The van der Waals surface area contributed by atoms with E-state index < -0.39 is 0 Å². The van der Waals surface area contributed by atoms with E-state index in [4.69, 9.17) is 0 Å². The van der Waals surface area contributed by atoms with Crippen LogP contribution < -0.4 is 9.62 Å². The third kappa shape index (κ3) is 2.09. The molecule has 0 amide bonds. The standard InChI is InChI=1S/C12H12BN4/c1-2-5-11(6-3-1)16-9-10-17(13-16)12-7-4-8-14-15-12/h1-8H,9-10H2.